The molecule has 1 amide bonds. The van der Waals surface area contributed by atoms with Crippen LogP contribution in [0.1, 0.15) is 35.2 Å². The summed E-state index contributed by atoms with van der Waals surface area (Å²) >= 11 is 6.09. The SMILES string of the molecule is NNC(=O)c1cnc(NC2(c3cccc(Cl)c3)CCC2)nc1. The number of nitrogen functional groups attached to an aromatic ring is 1. The van der Waals surface area contributed by atoms with Crippen LogP contribution in [0.4, 0.5) is 5.95 Å². The van der Waals surface area contributed by atoms with E-state index >= 15 is 0 Å². The zero-order chi connectivity index (χ0) is 15.6. The topological polar surface area (TPSA) is 92.9 Å². The van der Waals surface area contributed by atoms with Crippen molar-refractivity contribution < 1.29 is 4.79 Å². The summed E-state index contributed by atoms with van der Waals surface area (Å²) in [5, 5.41) is 4.09. The Hall–Kier alpha value is -2.18. The van der Waals surface area contributed by atoms with Gasteiger partial charge in [-0.15, -0.1) is 0 Å². The summed E-state index contributed by atoms with van der Waals surface area (Å²) in [6.07, 6.45) is 6.00. The van der Waals surface area contributed by atoms with Gasteiger partial charge in [-0.2, -0.15) is 0 Å². The minimum Gasteiger partial charge on any atom is -0.345 e. The first kappa shape index (κ1) is 14.7. The number of hydrazine groups is 1. The number of nitrogens with zero attached hydrogens (tertiary/aromatic N) is 2. The standard InChI is InChI=1S/C15H16ClN5O/c16-12-4-1-3-11(7-12)15(5-2-6-15)20-14-18-8-10(9-19-14)13(22)21-17/h1,3-4,7-9H,2,5-6,17H2,(H,21,22)(H,18,19,20). The number of carbonyl (C=O) groups is 1. The highest BCUT2D eigenvalue weighted by molar-refractivity contribution is 6.30. The lowest BCUT2D eigenvalue weighted by atomic mass is 9.72. The molecule has 3 rings (SSSR count). The Labute approximate surface area is 133 Å². The Morgan fingerprint density at radius 2 is 2.00 bits per heavy atom. The molecule has 0 aliphatic heterocycles. The molecule has 0 spiro atoms. The summed E-state index contributed by atoms with van der Waals surface area (Å²) in [4.78, 5) is 19.8. The number of anilines is 1. The highest BCUT2D eigenvalue weighted by atomic mass is 35.5. The van der Waals surface area contributed by atoms with Gasteiger partial charge in [0, 0.05) is 17.4 Å². The first-order valence-electron chi connectivity index (χ1n) is 7.00. The van der Waals surface area contributed by atoms with Gasteiger partial charge in [0.05, 0.1) is 11.1 Å². The summed E-state index contributed by atoms with van der Waals surface area (Å²) in [6, 6.07) is 7.81. The van der Waals surface area contributed by atoms with Crippen LogP contribution in [0.5, 0.6) is 0 Å². The molecule has 0 radical (unpaired) electrons. The maximum absolute atomic E-state index is 11.4. The second kappa shape index (κ2) is 5.90. The molecule has 6 nitrogen and oxygen atoms in total. The van der Waals surface area contributed by atoms with Crippen LogP contribution < -0.4 is 16.6 Å². The molecule has 0 bridgehead atoms. The van der Waals surface area contributed by atoms with Crippen LogP contribution in [-0.4, -0.2) is 15.9 Å². The third-order valence-electron chi connectivity index (χ3n) is 3.98. The predicted octanol–water partition coefficient (Wildman–Crippen LogP) is 2.22. The van der Waals surface area contributed by atoms with Crippen molar-refractivity contribution in [2.45, 2.75) is 24.8 Å². The van der Waals surface area contributed by atoms with Gasteiger partial charge in [-0.1, -0.05) is 23.7 Å². The Bertz CT molecular complexity index is 685. The van der Waals surface area contributed by atoms with E-state index in [-0.39, 0.29) is 5.54 Å². The zero-order valence-corrected chi connectivity index (χ0v) is 12.6. The van der Waals surface area contributed by atoms with Gasteiger partial charge >= 0.3 is 0 Å². The molecule has 7 heteroatoms. The lowest BCUT2D eigenvalue weighted by Gasteiger charge is -2.43. The highest BCUT2D eigenvalue weighted by Crippen LogP contribution is 2.44. The van der Waals surface area contributed by atoms with Crippen LogP contribution in [0.25, 0.3) is 0 Å². The molecule has 0 atom stereocenters. The molecule has 1 aromatic heterocycles. The van der Waals surface area contributed by atoms with Gasteiger partial charge in [-0.3, -0.25) is 10.2 Å². The van der Waals surface area contributed by atoms with Crippen molar-refractivity contribution in [3.8, 4) is 0 Å². The van der Waals surface area contributed by atoms with E-state index in [4.69, 9.17) is 17.4 Å². The molecule has 114 valence electrons. The van der Waals surface area contributed by atoms with E-state index in [0.717, 1.165) is 24.8 Å². The van der Waals surface area contributed by atoms with Crippen molar-refractivity contribution in [2.24, 2.45) is 5.84 Å². The largest absolute Gasteiger partial charge is 0.345 e. The van der Waals surface area contributed by atoms with Crippen LogP contribution in [-0.2, 0) is 5.54 Å². The number of halogens is 1. The fraction of sp³-hybridized carbons (Fsp3) is 0.267. The summed E-state index contributed by atoms with van der Waals surface area (Å²) in [5.74, 6) is 5.14. The summed E-state index contributed by atoms with van der Waals surface area (Å²) in [7, 11) is 0. The molecular formula is C15H16ClN5O. The Kier molecular flexibility index (Phi) is 3.96. The van der Waals surface area contributed by atoms with Gasteiger partial charge < -0.3 is 5.32 Å². The monoisotopic (exact) mass is 317 g/mol. The molecule has 22 heavy (non-hydrogen) atoms. The van der Waals surface area contributed by atoms with Crippen molar-refractivity contribution >= 4 is 23.5 Å². The first-order valence-corrected chi connectivity index (χ1v) is 7.38. The average Bonchev–Trinajstić information content (AvgIpc) is 2.50. The van der Waals surface area contributed by atoms with E-state index in [9.17, 15) is 4.79 Å². The quantitative estimate of drug-likeness (QED) is 0.457. The number of amides is 1. The van der Waals surface area contributed by atoms with Gasteiger partial charge in [-0.25, -0.2) is 15.8 Å². The fourth-order valence-corrected chi connectivity index (χ4v) is 2.80. The molecule has 1 fully saturated rings. The van der Waals surface area contributed by atoms with Gasteiger partial charge in [-0.05, 0) is 37.0 Å². The second-order valence-corrected chi connectivity index (χ2v) is 5.78. The van der Waals surface area contributed by atoms with Gasteiger partial charge in [0.2, 0.25) is 5.95 Å². The Balaban J connectivity index is 1.82. The molecular weight excluding hydrogens is 302 g/mol. The van der Waals surface area contributed by atoms with E-state index in [1.54, 1.807) is 0 Å². The smallest absolute Gasteiger partial charge is 0.268 e. The number of aromatic nitrogens is 2. The molecule has 1 aliphatic rings. The molecule has 0 unspecified atom stereocenters. The van der Waals surface area contributed by atoms with Crippen LogP contribution >= 0.6 is 11.6 Å². The molecule has 1 heterocycles. The molecule has 4 N–H and O–H groups in total. The zero-order valence-electron chi connectivity index (χ0n) is 11.8. The second-order valence-electron chi connectivity index (χ2n) is 5.34. The third kappa shape index (κ3) is 2.75. The number of benzene rings is 1. The maximum atomic E-state index is 11.4. The van der Waals surface area contributed by atoms with Crippen molar-refractivity contribution in [3.63, 3.8) is 0 Å². The summed E-state index contributed by atoms with van der Waals surface area (Å²) in [5.41, 5.74) is 3.30. The van der Waals surface area contributed by atoms with Crippen LogP contribution in [0.3, 0.4) is 0 Å². The normalized spacial score (nSPS) is 15.7. The van der Waals surface area contributed by atoms with Crippen LogP contribution in [0.2, 0.25) is 5.02 Å². The van der Waals surface area contributed by atoms with Crippen molar-refractivity contribution in [1.29, 1.82) is 0 Å². The fourth-order valence-electron chi connectivity index (χ4n) is 2.61. The van der Waals surface area contributed by atoms with Crippen LogP contribution in [0, 0.1) is 0 Å². The number of rotatable bonds is 4. The minimum absolute atomic E-state index is 0.192. The van der Waals surface area contributed by atoms with E-state index in [1.165, 1.54) is 12.4 Å². The number of nitrogens with two attached hydrogens (primary N) is 1. The third-order valence-corrected chi connectivity index (χ3v) is 4.22. The van der Waals surface area contributed by atoms with Crippen LogP contribution in [0.15, 0.2) is 36.7 Å². The Morgan fingerprint density at radius 1 is 1.27 bits per heavy atom. The van der Waals surface area contributed by atoms with Crippen molar-refractivity contribution in [1.82, 2.24) is 15.4 Å². The van der Waals surface area contributed by atoms with Crippen molar-refractivity contribution in [2.75, 3.05) is 5.32 Å². The average molecular weight is 318 g/mol. The summed E-state index contributed by atoms with van der Waals surface area (Å²) in [6.45, 7) is 0. The van der Waals surface area contributed by atoms with Gasteiger partial charge in [0.15, 0.2) is 0 Å². The highest BCUT2D eigenvalue weighted by Gasteiger charge is 2.39. The molecule has 1 aromatic carbocycles. The Morgan fingerprint density at radius 3 is 2.55 bits per heavy atom. The number of carbonyl (C=O) groups excluding carboxylic acids is 1. The molecule has 2 aromatic rings. The molecule has 1 saturated carbocycles. The maximum Gasteiger partial charge on any atom is 0.268 e. The number of nitrogens with one attached hydrogen (secondary N) is 2. The lowest BCUT2D eigenvalue weighted by Crippen LogP contribution is -2.42. The number of hydrogen-bond acceptors (Lipinski definition) is 5. The first-order chi connectivity index (χ1) is 10.6. The van der Waals surface area contributed by atoms with E-state index in [1.807, 2.05) is 29.7 Å². The van der Waals surface area contributed by atoms with Crippen molar-refractivity contribution in [3.05, 3.63) is 52.8 Å². The predicted molar refractivity (Wildman–Crippen MR) is 84.3 cm³/mol. The van der Waals surface area contributed by atoms with Gasteiger partial charge in [0.25, 0.3) is 5.91 Å². The molecule has 1 aliphatic carbocycles. The van der Waals surface area contributed by atoms with Gasteiger partial charge in [0.1, 0.15) is 0 Å². The van der Waals surface area contributed by atoms with E-state index < -0.39 is 5.91 Å². The van der Waals surface area contributed by atoms with E-state index in [0.29, 0.717) is 16.5 Å². The number of hydrogen-bond donors (Lipinski definition) is 3. The summed E-state index contributed by atoms with van der Waals surface area (Å²) < 4.78 is 0. The van der Waals surface area contributed by atoms with E-state index in [2.05, 4.69) is 15.3 Å². The molecule has 0 saturated heterocycles. The minimum atomic E-state index is -0.417. The lowest BCUT2D eigenvalue weighted by molar-refractivity contribution is 0.0953.